The van der Waals surface area contributed by atoms with Gasteiger partial charge in [-0.15, -0.1) is 0 Å². The number of hydrogen-bond donors (Lipinski definition) is 2. The molecule has 0 radical (unpaired) electrons. The number of hydrogen-bond acceptors (Lipinski definition) is 9. The van der Waals surface area contributed by atoms with Crippen LogP contribution in [0.4, 0.5) is 28.2 Å². The summed E-state index contributed by atoms with van der Waals surface area (Å²) in [7, 11) is 1.49. The third kappa shape index (κ3) is 5.50. The van der Waals surface area contributed by atoms with Gasteiger partial charge in [-0.2, -0.15) is 28.2 Å². The number of aromatic nitrogens is 4. The standard InChI is InChI=1S/C31H34F4N6O5/c1-14(44-6)13-45-28-37-25-18(27(38-28)40-11-17-7-16(40)12-41(17)29(43)46-30(3,4)5)8-20(31(33,34)35)24(26(25)42)23-15(2)21(32)9-22-19(23)10-36-39-22/h8-10,14,16-17,42H,7,11-13H2,1-6H3,(H,36,39)/t14-,16-,17-/m0/s1. The quantitative estimate of drug-likeness (QED) is 0.244. The van der Waals surface area contributed by atoms with Crippen LogP contribution in [0.5, 0.6) is 11.8 Å². The van der Waals surface area contributed by atoms with Crippen molar-refractivity contribution in [3.05, 3.63) is 35.3 Å². The minimum absolute atomic E-state index is 0.0207. The van der Waals surface area contributed by atoms with Gasteiger partial charge in [-0.1, -0.05) is 0 Å². The fourth-order valence-electron chi connectivity index (χ4n) is 6.19. The Kier molecular flexibility index (Phi) is 7.65. The number of phenols is 1. The maximum Gasteiger partial charge on any atom is 0.417 e. The van der Waals surface area contributed by atoms with Gasteiger partial charge in [0.25, 0.3) is 0 Å². The zero-order valence-corrected chi connectivity index (χ0v) is 26.1. The molecular formula is C31H34F4N6O5. The number of phenolic OH excluding ortho intramolecular Hbond substituents is 1. The number of halogens is 4. The van der Waals surface area contributed by atoms with E-state index in [1.165, 1.54) is 20.2 Å². The maximum atomic E-state index is 15.0. The SMILES string of the molecule is CO[C@@H](C)COc1nc(N2C[C@@H]3C[C@H]2CN3C(=O)OC(C)(C)C)c2cc(C(F)(F)F)c(-c3c(C)c(F)cc4[nH]ncc34)c(O)c2n1. The van der Waals surface area contributed by atoms with Crippen molar-refractivity contribution in [2.75, 3.05) is 31.7 Å². The van der Waals surface area contributed by atoms with Gasteiger partial charge in [-0.3, -0.25) is 5.10 Å². The lowest BCUT2D eigenvalue weighted by Crippen LogP contribution is -2.50. The van der Waals surface area contributed by atoms with E-state index in [0.717, 1.165) is 12.1 Å². The molecule has 2 bridgehead atoms. The van der Waals surface area contributed by atoms with E-state index in [1.807, 2.05) is 4.90 Å². The molecule has 11 nitrogen and oxygen atoms in total. The van der Waals surface area contributed by atoms with E-state index in [-0.39, 0.29) is 82.6 Å². The van der Waals surface area contributed by atoms with Crippen molar-refractivity contribution >= 4 is 33.7 Å². The molecule has 0 unspecified atom stereocenters. The summed E-state index contributed by atoms with van der Waals surface area (Å²) in [4.78, 5) is 25.2. The Morgan fingerprint density at radius 2 is 1.87 bits per heavy atom. The fraction of sp³-hybridized carbons (Fsp3) is 0.484. The molecule has 3 atom stereocenters. The number of benzene rings is 2. The number of alkyl halides is 3. The van der Waals surface area contributed by atoms with Crippen molar-refractivity contribution in [1.29, 1.82) is 0 Å². The molecule has 2 aliphatic heterocycles. The average molecular weight is 647 g/mol. The highest BCUT2D eigenvalue weighted by Gasteiger charge is 2.48. The van der Waals surface area contributed by atoms with Crippen LogP contribution in [-0.4, -0.2) is 86.9 Å². The summed E-state index contributed by atoms with van der Waals surface area (Å²) >= 11 is 0. The van der Waals surface area contributed by atoms with E-state index < -0.39 is 40.6 Å². The molecule has 246 valence electrons. The zero-order chi connectivity index (χ0) is 33.3. The summed E-state index contributed by atoms with van der Waals surface area (Å²) in [6.45, 7) is 8.94. The summed E-state index contributed by atoms with van der Waals surface area (Å²) in [5.41, 5.74) is -2.84. The van der Waals surface area contributed by atoms with Crippen molar-refractivity contribution in [1.82, 2.24) is 25.1 Å². The zero-order valence-electron chi connectivity index (χ0n) is 26.1. The van der Waals surface area contributed by atoms with Crippen molar-refractivity contribution in [2.24, 2.45) is 0 Å². The number of aromatic amines is 1. The number of anilines is 1. The summed E-state index contributed by atoms with van der Waals surface area (Å²) in [6.07, 6.45) is -3.98. The second-order valence-electron chi connectivity index (χ2n) is 12.7. The highest BCUT2D eigenvalue weighted by molar-refractivity contribution is 6.05. The van der Waals surface area contributed by atoms with Crippen LogP contribution in [0.1, 0.15) is 45.2 Å². The van der Waals surface area contributed by atoms with Crippen LogP contribution >= 0.6 is 0 Å². The van der Waals surface area contributed by atoms with Gasteiger partial charge >= 0.3 is 18.3 Å². The van der Waals surface area contributed by atoms with E-state index in [4.69, 9.17) is 14.2 Å². The third-order valence-electron chi connectivity index (χ3n) is 8.41. The number of carbonyl (C=O) groups is 1. The molecule has 2 aromatic heterocycles. The second kappa shape index (κ2) is 11.1. The van der Waals surface area contributed by atoms with Crippen molar-refractivity contribution in [3.63, 3.8) is 0 Å². The molecule has 46 heavy (non-hydrogen) atoms. The molecule has 2 aliphatic rings. The molecule has 2 saturated heterocycles. The second-order valence-corrected chi connectivity index (χ2v) is 12.7. The summed E-state index contributed by atoms with van der Waals surface area (Å²) in [5, 5.41) is 18.3. The minimum Gasteiger partial charge on any atom is -0.505 e. The van der Waals surface area contributed by atoms with Gasteiger partial charge < -0.3 is 29.1 Å². The number of nitrogens with one attached hydrogen (secondary N) is 1. The molecule has 0 spiro atoms. The molecule has 2 aromatic carbocycles. The van der Waals surface area contributed by atoms with Gasteiger partial charge in [-0.05, 0) is 58.7 Å². The van der Waals surface area contributed by atoms with E-state index in [2.05, 4.69) is 20.2 Å². The Morgan fingerprint density at radius 1 is 1.13 bits per heavy atom. The number of ether oxygens (including phenoxy) is 3. The lowest BCUT2D eigenvalue weighted by Gasteiger charge is -2.36. The number of amides is 1. The van der Waals surface area contributed by atoms with Crippen LogP contribution in [0.15, 0.2) is 18.3 Å². The fourth-order valence-corrected chi connectivity index (χ4v) is 6.19. The van der Waals surface area contributed by atoms with Crippen LogP contribution in [0.3, 0.4) is 0 Å². The minimum atomic E-state index is -4.96. The van der Waals surface area contributed by atoms with Crippen LogP contribution in [-0.2, 0) is 15.7 Å². The van der Waals surface area contributed by atoms with Gasteiger partial charge in [0.1, 0.15) is 29.4 Å². The number of piperazine rings is 1. The van der Waals surface area contributed by atoms with Gasteiger partial charge in [0, 0.05) is 42.1 Å². The van der Waals surface area contributed by atoms with Crippen molar-refractivity contribution in [3.8, 4) is 22.9 Å². The number of rotatable bonds is 6. The normalized spacial score (nSPS) is 19.0. The monoisotopic (exact) mass is 646 g/mol. The lowest BCUT2D eigenvalue weighted by atomic mass is 9.90. The topological polar surface area (TPSA) is 126 Å². The van der Waals surface area contributed by atoms with Crippen LogP contribution in [0, 0.1) is 12.7 Å². The highest BCUT2D eigenvalue weighted by atomic mass is 19.4. The Morgan fingerprint density at radius 3 is 2.50 bits per heavy atom. The number of H-pyrrole nitrogens is 1. The number of methoxy groups -OCH3 is 1. The molecule has 15 heteroatoms. The van der Waals surface area contributed by atoms with Gasteiger partial charge in [0.05, 0.1) is 35.5 Å². The Bertz CT molecular complexity index is 1840. The largest absolute Gasteiger partial charge is 0.505 e. The first-order chi connectivity index (χ1) is 21.6. The van der Waals surface area contributed by atoms with E-state index >= 15 is 4.39 Å². The van der Waals surface area contributed by atoms with E-state index in [0.29, 0.717) is 6.42 Å². The number of carbonyl (C=O) groups excluding carboxylic acids is 1. The maximum absolute atomic E-state index is 15.0. The molecule has 0 saturated carbocycles. The third-order valence-corrected chi connectivity index (χ3v) is 8.41. The van der Waals surface area contributed by atoms with E-state index in [9.17, 15) is 23.1 Å². The average Bonchev–Trinajstić information content (AvgIpc) is 3.72. The first-order valence-electron chi connectivity index (χ1n) is 14.8. The molecule has 0 aliphatic carbocycles. The smallest absolute Gasteiger partial charge is 0.417 e. The summed E-state index contributed by atoms with van der Waals surface area (Å²) in [6, 6.07) is 1.26. The Labute approximate surface area is 261 Å². The molecule has 4 aromatic rings. The van der Waals surface area contributed by atoms with Crippen molar-refractivity contribution < 1.29 is 41.7 Å². The Hall–Kier alpha value is -4.40. The van der Waals surface area contributed by atoms with Crippen molar-refractivity contribution in [2.45, 2.75) is 71.0 Å². The van der Waals surface area contributed by atoms with Gasteiger partial charge in [0.15, 0.2) is 5.75 Å². The molecule has 1 amide bonds. The molecular weight excluding hydrogens is 612 g/mol. The summed E-state index contributed by atoms with van der Waals surface area (Å²) < 4.78 is 76.3. The lowest BCUT2D eigenvalue weighted by molar-refractivity contribution is -0.137. The van der Waals surface area contributed by atoms with Crippen LogP contribution in [0.2, 0.25) is 0 Å². The number of nitrogens with zero attached hydrogens (tertiary/aromatic N) is 5. The molecule has 6 rings (SSSR count). The molecule has 2 fully saturated rings. The van der Waals surface area contributed by atoms with E-state index in [1.54, 1.807) is 32.6 Å². The molecule has 4 heterocycles. The van der Waals surface area contributed by atoms with Crippen LogP contribution in [0.25, 0.3) is 32.9 Å². The van der Waals surface area contributed by atoms with Gasteiger partial charge in [-0.25, -0.2) is 9.18 Å². The first kappa shape index (κ1) is 31.6. The number of aromatic hydroxyl groups is 1. The highest BCUT2D eigenvalue weighted by Crippen LogP contribution is 2.50. The van der Waals surface area contributed by atoms with Gasteiger partial charge in [0.2, 0.25) is 0 Å². The molecule has 2 N–H and O–H groups in total. The predicted molar refractivity (Wildman–Crippen MR) is 160 cm³/mol. The number of likely N-dealkylation sites (tertiary alicyclic amines) is 1. The number of fused-ring (bicyclic) bond motifs is 4. The summed E-state index contributed by atoms with van der Waals surface area (Å²) in [5.74, 6) is -1.48. The first-order valence-corrected chi connectivity index (χ1v) is 14.8. The predicted octanol–water partition coefficient (Wildman–Crippen LogP) is 5.96. The van der Waals surface area contributed by atoms with Crippen LogP contribution < -0.4 is 9.64 Å². The Balaban J connectivity index is 1.54.